The molecular weight excluding hydrogens is 667 g/mol. The molecule has 0 radical (unpaired) electrons. The number of rotatable bonds is 3. The summed E-state index contributed by atoms with van der Waals surface area (Å²) < 4.78 is 7.65. The first kappa shape index (κ1) is 29.2. The maximum absolute atomic E-state index is 2.70. The highest BCUT2D eigenvalue weighted by Gasteiger charge is 2.46. The minimum absolute atomic E-state index is 0.0640. The van der Waals surface area contributed by atoms with E-state index < -0.39 is 0 Å². The van der Waals surface area contributed by atoms with Gasteiger partial charge in [-0.05, 0) is 83.1 Å². The molecule has 55 heavy (non-hydrogen) atoms. The SMILES string of the molecule is c1ccc(N2c3cccc4c3B(c3c2n(-c2ccccc2)c2ccccc32)n2c3ccccc3c3cc5c(c-4c32)c2ccccc2n5-c2ccccc2)cc1. The first-order valence-electron chi connectivity index (χ1n) is 19.1. The Balaban J connectivity index is 1.28. The Morgan fingerprint density at radius 3 is 1.65 bits per heavy atom. The van der Waals surface area contributed by atoms with Crippen LogP contribution in [0.1, 0.15) is 0 Å². The van der Waals surface area contributed by atoms with Gasteiger partial charge in [-0.3, -0.25) is 9.47 Å². The number of benzene rings is 8. The molecule has 0 amide bonds. The van der Waals surface area contributed by atoms with Crippen molar-refractivity contribution in [3.05, 3.63) is 188 Å². The van der Waals surface area contributed by atoms with Crippen molar-refractivity contribution in [3.63, 3.8) is 0 Å². The highest BCUT2D eigenvalue weighted by molar-refractivity contribution is 6.92. The minimum Gasteiger partial charge on any atom is -0.375 e. The summed E-state index contributed by atoms with van der Waals surface area (Å²) in [6.45, 7) is -0.0640. The zero-order chi connectivity index (χ0) is 35.8. The van der Waals surface area contributed by atoms with Gasteiger partial charge in [0.05, 0.1) is 16.6 Å². The van der Waals surface area contributed by atoms with Crippen LogP contribution in [0.25, 0.3) is 77.0 Å². The molecule has 0 unspecified atom stereocenters. The van der Waals surface area contributed by atoms with E-state index in [1.165, 1.54) is 93.8 Å². The van der Waals surface area contributed by atoms with Crippen molar-refractivity contribution in [2.24, 2.45) is 0 Å². The molecule has 4 nitrogen and oxygen atoms in total. The van der Waals surface area contributed by atoms with Gasteiger partial charge < -0.3 is 9.05 Å². The van der Waals surface area contributed by atoms with Crippen LogP contribution in [-0.4, -0.2) is 20.5 Å². The molecule has 0 spiro atoms. The van der Waals surface area contributed by atoms with E-state index in [1.807, 2.05) is 0 Å². The van der Waals surface area contributed by atoms with Gasteiger partial charge in [-0.1, -0.05) is 121 Å². The van der Waals surface area contributed by atoms with E-state index in [0.717, 1.165) is 11.4 Å². The fraction of sp³-hybridized carbons (Fsp3) is 0. The number of para-hydroxylation sites is 6. The molecule has 0 fully saturated rings. The van der Waals surface area contributed by atoms with E-state index in [-0.39, 0.29) is 6.85 Å². The number of anilines is 3. The Kier molecular flexibility index (Phi) is 5.68. The van der Waals surface area contributed by atoms with Crippen molar-refractivity contribution < 1.29 is 0 Å². The normalized spacial score (nSPS) is 13.0. The number of hydrogen-bond acceptors (Lipinski definition) is 1. The van der Waals surface area contributed by atoms with Crippen LogP contribution < -0.4 is 15.8 Å². The summed E-state index contributed by atoms with van der Waals surface area (Å²) in [5.74, 6) is 1.18. The molecule has 0 bridgehead atoms. The number of nitrogens with zero attached hydrogens (tertiary/aromatic N) is 4. The van der Waals surface area contributed by atoms with Crippen LogP contribution in [0.2, 0.25) is 0 Å². The molecule has 254 valence electrons. The van der Waals surface area contributed by atoms with Gasteiger partial charge in [0.1, 0.15) is 5.82 Å². The quantitative estimate of drug-likeness (QED) is 0.168. The lowest BCUT2D eigenvalue weighted by atomic mass is 9.45. The third-order valence-electron chi connectivity index (χ3n) is 12.2. The predicted molar refractivity (Wildman–Crippen MR) is 231 cm³/mol. The van der Waals surface area contributed by atoms with Crippen molar-refractivity contribution in [2.75, 3.05) is 4.90 Å². The molecule has 3 aromatic heterocycles. The second kappa shape index (κ2) is 10.7. The van der Waals surface area contributed by atoms with Gasteiger partial charge in [-0.2, -0.15) is 0 Å². The van der Waals surface area contributed by atoms with Gasteiger partial charge in [-0.25, -0.2) is 0 Å². The third-order valence-corrected chi connectivity index (χ3v) is 12.2. The molecule has 2 aliphatic rings. The first-order valence-corrected chi connectivity index (χ1v) is 19.1. The minimum atomic E-state index is -0.0640. The molecule has 8 aromatic carbocycles. The average molecular weight is 699 g/mol. The van der Waals surface area contributed by atoms with Gasteiger partial charge in [0.2, 0.25) is 0 Å². The van der Waals surface area contributed by atoms with Gasteiger partial charge in [-0.15, -0.1) is 0 Å². The van der Waals surface area contributed by atoms with E-state index in [9.17, 15) is 0 Å². The molecule has 5 heteroatoms. The van der Waals surface area contributed by atoms with Crippen LogP contribution in [0.3, 0.4) is 0 Å². The molecule has 0 saturated heterocycles. The van der Waals surface area contributed by atoms with Gasteiger partial charge in [0.15, 0.2) is 0 Å². The Labute approximate surface area is 317 Å². The molecule has 2 aliphatic heterocycles. The number of fused-ring (bicyclic) bond motifs is 13. The van der Waals surface area contributed by atoms with Crippen LogP contribution >= 0.6 is 0 Å². The van der Waals surface area contributed by atoms with Crippen molar-refractivity contribution >= 4 is 89.5 Å². The zero-order valence-corrected chi connectivity index (χ0v) is 29.8. The molecule has 0 N–H and O–H groups in total. The lowest BCUT2D eigenvalue weighted by molar-refractivity contribution is 1.07. The van der Waals surface area contributed by atoms with Crippen LogP contribution in [0, 0.1) is 0 Å². The zero-order valence-electron chi connectivity index (χ0n) is 29.8. The molecular formula is C50H31BN4. The van der Waals surface area contributed by atoms with Crippen molar-refractivity contribution in [3.8, 4) is 22.5 Å². The van der Waals surface area contributed by atoms with Crippen LogP contribution in [-0.2, 0) is 0 Å². The Hall–Kier alpha value is -7.24. The highest BCUT2D eigenvalue weighted by Crippen LogP contribution is 2.51. The highest BCUT2D eigenvalue weighted by atomic mass is 15.3. The fourth-order valence-corrected chi connectivity index (χ4v) is 10.2. The van der Waals surface area contributed by atoms with E-state index in [1.54, 1.807) is 0 Å². The predicted octanol–water partition coefficient (Wildman–Crippen LogP) is 11.3. The number of hydrogen-bond donors (Lipinski definition) is 0. The van der Waals surface area contributed by atoms with Crippen LogP contribution in [0.15, 0.2) is 188 Å². The molecule has 11 aromatic rings. The largest absolute Gasteiger partial charge is 0.375 e. The third kappa shape index (κ3) is 3.67. The van der Waals surface area contributed by atoms with Crippen LogP contribution in [0.4, 0.5) is 17.2 Å². The van der Waals surface area contributed by atoms with E-state index in [2.05, 4.69) is 207 Å². The lowest BCUT2D eigenvalue weighted by Crippen LogP contribution is -2.56. The maximum atomic E-state index is 2.70. The van der Waals surface area contributed by atoms with E-state index in [0.29, 0.717) is 0 Å². The first-order chi connectivity index (χ1) is 27.4. The topological polar surface area (TPSA) is 18.0 Å². The van der Waals surface area contributed by atoms with E-state index in [4.69, 9.17) is 0 Å². The van der Waals surface area contributed by atoms with Crippen molar-refractivity contribution in [2.45, 2.75) is 0 Å². The summed E-state index contributed by atoms with van der Waals surface area (Å²) in [7, 11) is 0. The summed E-state index contributed by atoms with van der Waals surface area (Å²) in [6.07, 6.45) is 0. The average Bonchev–Trinajstić information content (AvgIpc) is 3.89. The van der Waals surface area contributed by atoms with E-state index >= 15 is 0 Å². The Morgan fingerprint density at radius 2 is 0.945 bits per heavy atom. The summed E-state index contributed by atoms with van der Waals surface area (Å²) in [5.41, 5.74) is 16.1. The summed E-state index contributed by atoms with van der Waals surface area (Å²) in [5, 5.41) is 6.39. The fourth-order valence-electron chi connectivity index (χ4n) is 10.2. The molecule has 5 heterocycles. The monoisotopic (exact) mass is 698 g/mol. The van der Waals surface area contributed by atoms with Crippen molar-refractivity contribution in [1.29, 1.82) is 0 Å². The molecule has 13 rings (SSSR count). The Bertz CT molecular complexity index is 3370. The van der Waals surface area contributed by atoms with Gasteiger partial charge >= 0.3 is 6.85 Å². The molecule has 0 atom stereocenters. The smallest absolute Gasteiger partial charge is 0.335 e. The molecule has 0 aliphatic carbocycles. The lowest BCUT2D eigenvalue weighted by Gasteiger charge is -2.40. The van der Waals surface area contributed by atoms with Gasteiger partial charge in [0.25, 0.3) is 0 Å². The standard InChI is InChI=1S/C50H31BN4/c1-4-17-32(18-5-1)52-40-27-13-11-24-36(40)45-44(52)31-39-35-23-10-15-29-42(35)55-49(39)46(45)38-26-16-30-43-47(38)51(55)48-37-25-12-14-28-41(37)53(33-19-6-2-7-20-33)50(48)54(43)34-21-8-3-9-22-34/h1-31H. The summed E-state index contributed by atoms with van der Waals surface area (Å²) in [4.78, 5) is 2.53. The Morgan fingerprint density at radius 1 is 0.382 bits per heavy atom. The van der Waals surface area contributed by atoms with Gasteiger partial charge in [0, 0.05) is 66.4 Å². The van der Waals surface area contributed by atoms with Crippen molar-refractivity contribution in [1.82, 2.24) is 13.6 Å². The summed E-state index contributed by atoms with van der Waals surface area (Å²) in [6, 6.07) is 69.2. The second-order valence-electron chi connectivity index (χ2n) is 14.9. The number of aromatic nitrogens is 3. The van der Waals surface area contributed by atoms with Crippen LogP contribution in [0.5, 0.6) is 0 Å². The molecule has 0 saturated carbocycles. The second-order valence-corrected chi connectivity index (χ2v) is 14.9. The summed E-state index contributed by atoms with van der Waals surface area (Å²) >= 11 is 0. The maximum Gasteiger partial charge on any atom is 0.335 e.